The van der Waals surface area contributed by atoms with Gasteiger partial charge in [0.2, 0.25) is 5.91 Å². The fourth-order valence-electron chi connectivity index (χ4n) is 3.23. The minimum absolute atomic E-state index is 0. The van der Waals surface area contributed by atoms with Crippen LogP contribution in [0.1, 0.15) is 31.7 Å². The molecule has 7 heteroatoms. The van der Waals surface area contributed by atoms with Gasteiger partial charge in [0, 0.05) is 20.1 Å². The van der Waals surface area contributed by atoms with Crippen LogP contribution in [0.15, 0.2) is 35.3 Å². The Labute approximate surface area is 187 Å². The van der Waals surface area contributed by atoms with Gasteiger partial charge in [0.25, 0.3) is 0 Å². The van der Waals surface area contributed by atoms with Crippen LogP contribution in [-0.2, 0) is 11.2 Å². The van der Waals surface area contributed by atoms with E-state index in [4.69, 9.17) is 0 Å². The topological polar surface area (TPSA) is 68.8 Å². The second-order valence-corrected chi connectivity index (χ2v) is 7.32. The van der Waals surface area contributed by atoms with E-state index in [1.165, 1.54) is 31.5 Å². The number of hydrogen-bond donors (Lipinski definition) is 3. The van der Waals surface area contributed by atoms with Crippen LogP contribution in [0.3, 0.4) is 0 Å². The van der Waals surface area contributed by atoms with E-state index in [-0.39, 0.29) is 36.4 Å². The number of piperidine rings is 1. The van der Waals surface area contributed by atoms with Crippen molar-refractivity contribution in [2.45, 2.75) is 32.6 Å². The van der Waals surface area contributed by atoms with E-state index in [2.05, 4.69) is 44.9 Å². The van der Waals surface area contributed by atoms with Gasteiger partial charge in [-0.1, -0.05) is 37.3 Å². The van der Waals surface area contributed by atoms with Crippen molar-refractivity contribution in [2.24, 2.45) is 10.9 Å². The third kappa shape index (κ3) is 10.3. The lowest BCUT2D eigenvalue weighted by atomic mass is 9.99. The van der Waals surface area contributed by atoms with Crippen LogP contribution in [0.5, 0.6) is 0 Å². The molecule has 1 amide bonds. The highest BCUT2D eigenvalue weighted by Crippen LogP contribution is 2.15. The second kappa shape index (κ2) is 14.6. The van der Waals surface area contributed by atoms with E-state index >= 15 is 0 Å². The molecule has 2 rings (SSSR count). The molecule has 0 atom stereocenters. The fourth-order valence-corrected chi connectivity index (χ4v) is 3.23. The van der Waals surface area contributed by atoms with E-state index in [0.717, 1.165) is 31.8 Å². The molecule has 0 radical (unpaired) electrons. The van der Waals surface area contributed by atoms with E-state index in [9.17, 15) is 4.79 Å². The zero-order valence-electron chi connectivity index (χ0n) is 17.2. The van der Waals surface area contributed by atoms with Gasteiger partial charge >= 0.3 is 0 Å². The van der Waals surface area contributed by atoms with Crippen molar-refractivity contribution < 1.29 is 4.79 Å². The number of nitrogens with zero attached hydrogens (tertiary/aromatic N) is 2. The van der Waals surface area contributed by atoms with Crippen LogP contribution >= 0.6 is 24.0 Å². The number of likely N-dealkylation sites (tertiary alicyclic amines) is 1. The minimum Gasteiger partial charge on any atom is -0.356 e. The van der Waals surface area contributed by atoms with Crippen molar-refractivity contribution >= 4 is 35.8 Å². The monoisotopic (exact) mass is 501 g/mol. The predicted molar refractivity (Wildman–Crippen MR) is 127 cm³/mol. The van der Waals surface area contributed by atoms with Crippen molar-refractivity contribution in [3.8, 4) is 0 Å². The zero-order valence-corrected chi connectivity index (χ0v) is 19.6. The molecule has 0 saturated carbocycles. The molecular formula is C21H36IN5O. The molecule has 0 aromatic heterocycles. The summed E-state index contributed by atoms with van der Waals surface area (Å²) in [6, 6.07) is 10.2. The van der Waals surface area contributed by atoms with E-state index in [0.29, 0.717) is 12.5 Å². The molecular weight excluding hydrogens is 465 g/mol. The quantitative estimate of drug-likeness (QED) is 0.210. The van der Waals surface area contributed by atoms with Gasteiger partial charge in [-0.3, -0.25) is 9.79 Å². The Bertz CT molecular complexity index is 573. The van der Waals surface area contributed by atoms with Crippen molar-refractivity contribution in [1.29, 1.82) is 0 Å². The molecule has 0 bridgehead atoms. The van der Waals surface area contributed by atoms with Gasteiger partial charge in [-0.2, -0.15) is 0 Å². The smallest absolute Gasteiger partial charge is 0.239 e. The number of rotatable bonds is 9. The van der Waals surface area contributed by atoms with Crippen LogP contribution < -0.4 is 16.0 Å². The minimum atomic E-state index is -0.0173. The molecule has 3 N–H and O–H groups in total. The SMILES string of the molecule is CN=C(NCCCN1CCC(C)CC1)NCC(=O)NCCc1ccccc1.I. The molecule has 158 valence electrons. The molecule has 1 aliphatic heterocycles. The standard InChI is InChI=1S/C21H35N5O.HI/c1-18-10-15-26(16-11-18)14-6-12-24-21(22-2)25-17-20(27)23-13-9-19-7-4-3-5-8-19;/h3-5,7-8,18H,6,9-17H2,1-2H3,(H,23,27)(H2,22,24,25);1H. The van der Waals surface area contributed by atoms with E-state index in [1.807, 2.05) is 18.2 Å². The summed E-state index contributed by atoms with van der Waals surface area (Å²) in [6.45, 7) is 7.64. The summed E-state index contributed by atoms with van der Waals surface area (Å²) >= 11 is 0. The molecule has 0 aliphatic carbocycles. The van der Waals surface area contributed by atoms with Crippen LogP contribution in [0.2, 0.25) is 0 Å². The molecule has 6 nitrogen and oxygen atoms in total. The van der Waals surface area contributed by atoms with Crippen molar-refractivity contribution in [3.05, 3.63) is 35.9 Å². The molecule has 1 heterocycles. The molecule has 1 saturated heterocycles. The fraction of sp³-hybridized carbons (Fsp3) is 0.619. The summed E-state index contributed by atoms with van der Waals surface area (Å²) in [7, 11) is 1.73. The number of carbonyl (C=O) groups is 1. The Kier molecular flexibility index (Phi) is 12.9. The molecule has 1 aliphatic rings. The molecule has 0 unspecified atom stereocenters. The number of hydrogen-bond acceptors (Lipinski definition) is 3. The van der Waals surface area contributed by atoms with E-state index < -0.39 is 0 Å². The largest absolute Gasteiger partial charge is 0.356 e. The molecule has 0 spiro atoms. The Morgan fingerprint density at radius 1 is 1.11 bits per heavy atom. The van der Waals surface area contributed by atoms with Gasteiger partial charge in [0.05, 0.1) is 6.54 Å². The number of aliphatic imine (C=N–C) groups is 1. The van der Waals surface area contributed by atoms with E-state index in [1.54, 1.807) is 7.05 Å². The van der Waals surface area contributed by atoms with Gasteiger partial charge < -0.3 is 20.9 Å². The van der Waals surface area contributed by atoms with Gasteiger partial charge in [-0.05, 0) is 56.8 Å². The normalized spacial score (nSPS) is 15.6. The predicted octanol–water partition coefficient (Wildman–Crippen LogP) is 2.25. The Morgan fingerprint density at radius 2 is 1.82 bits per heavy atom. The lowest BCUT2D eigenvalue weighted by Crippen LogP contribution is -2.44. The van der Waals surface area contributed by atoms with Gasteiger partial charge in [-0.25, -0.2) is 0 Å². The molecule has 28 heavy (non-hydrogen) atoms. The third-order valence-electron chi connectivity index (χ3n) is 5.04. The number of amides is 1. The number of carbonyl (C=O) groups excluding carboxylic acids is 1. The second-order valence-electron chi connectivity index (χ2n) is 7.32. The zero-order chi connectivity index (χ0) is 19.3. The van der Waals surface area contributed by atoms with Crippen molar-refractivity contribution in [3.63, 3.8) is 0 Å². The number of guanidine groups is 1. The van der Waals surface area contributed by atoms with Gasteiger partial charge in [-0.15, -0.1) is 24.0 Å². The highest BCUT2D eigenvalue weighted by molar-refractivity contribution is 14.0. The van der Waals surface area contributed by atoms with Crippen LogP contribution in [0.25, 0.3) is 0 Å². The molecule has 1 aromatic carbocycles. The first-order valence-corrected chi connectivity index (χ1v) is 10.1. The van der Waals surface area contributed by atoms with Crippen LogP contribution in [-0.4, -0.2) is 63.1 Å². The highest BCUT2D eigenvalue weighted by atomic mass is 127. The Hall–Kier alpha value is -1.35. The third-order valence-corrected chi connectivity index (χ3v) is 5.04. The lowest BCUT2D eigenvalue weighted by molar-refractivity contribution is -0.119. The number of benzene rings is 1. The summed E-state index contributed by atoms with van der Waals surface area (Å²) in [4.78, 5) is 18.7. The van der Waals surface area contributed by atoms with Crippen molar-refractivity contribution in [2.75, 3.05) is 46.3 Å². The first-order valence-electron chi connectivity index (χ1n) is 10.1. The summed E-state index contributed by atoms with van der Waals surface area (Å²) in [5.74, 6) is 1.54. The first-order chi connectivity index (χ1) is 13.2. The Balaban J connectivity index is 0.00000392. The van der Waals surface area contributed by atoms with Crippen molar-refractivity contribution in [1.82, 2.24) is 20.9 Å². The average molecular weight is 501 g/mol. The maximum Gasteiger partial charge on any atom is 0.239 e. The van der Waals surface area contributed by atoms with Crippen LogP contribution in [0, 0.1) is 5.92 Å². The lowest BCUT2D eigenvalue weighted by Gasteiger charge is -2.30. The van der Waals surface area contributed by atoms with Gasteiger partial charge in [0.1, 0.15) is 0 Å². The Morgan fingerprint density at radius 3 is 2.50 bits per heavy atom. The molecule has 1 fully saturated rings. The summed E-state index contributed by atoms with van der Waals surface area (Å²) < 4.78 is 0. The van der Waals surface area contributed by atoms with Crippen LogP contribution in [0.4, 0.5) is 0 Å². The summed E-state index contributed by atoms with van der Waals surface area (Å²) in [5, 5.41) is 9.30. The maximum absolute atomic E-state index is 12.0. The summed E-state index contributed by atoms with van der Waals surface area (Å²) in [5.41, 5.74) is 1.23. The number of nitrogens with one attached hydrogen (secondary N) is 3. The number of halogens is 1. The molecule has 1 aromatic rings. The highest BCUT2D eigenvalue weighted by Gasteiger charge is 2.14. The van der Waals surface area contributed by atoms with Gasteiger partial charge in [0.15, 0.2) is 5.96 Å². The summed E-state index contributed by atoms with van der Waals surface area (Å²) in [6.07, 6.45) is 4.55. The first kappa shape index (κ1) is 24.7. The maximum atomic E-state index is 12.0. The average Bonchev–Trinajstić information content (AvgIpc) is 2.69.